The molecule has 0 unspecified atom stereocenters. The van der Waals surface area contributed by atoms with Gasteiger partial charge in [-0.3, -0.25) is 5.10 Å². The molecule has 0 atom stereocenters. The number of hydrogen-bond acceptors (Lipinski definition) is 1. The normalized spacial score (nSPS) is 11.9. The molecule has 0 aliphatic rings. The maximum atomic E-state index is 11.5. The number of hydrogen-bond donors (Lipinski definition) is 1. The molecule has 0 aliphatic carbocycles. The lowest BCUT2D eigenvalue weighted by atomic mass is 10.4. The summed E-state index contributed by atoms with van der Waals surface area (Å²) in [4.78, 5) is 0. The predicted molar refractivity (Wildman–Crippen MR) is 22.4 cm³/mol. The first-order chi connectivity index (χ1) is 4.11. The van der Waals surface area contributed by atoms with Gasteiger partial charge in [-0.25, -0.2) is 0 Å². The highest BCUT2D eigenvalue weighted by Crippen LogP contribution is 2.25. The quantitative estimate of drug-likeness (QED) is 0.569. The molecule has 1 aromatic heterocycles. The summed E-state index contributed by atoms with van der Waals surface area (Å²) in [7, 11) is 0. The van der Waals surface area contributed by atoms with Crippen LogP contribution in [0.2, 0.25) is 0 Å². The van der Waals surface area contributed by atoms with E-state index in [1.807, 2.05) is 6.07 Å². The highest BCUT2D eigenvalue weighted by atomic mass is 19.4. The van der Waals surface area contributed by atoms with E-state index in [1.165, 1.54) is 0 Å². The Balaban J connectivity index is 2.90. The second kappa shape index (κ2) is 1.75. The van der Waals surface area contributed by atoms with Crippen molar-refractivity contribution in [1.29, 1.82) is 0 Å². The Bertz CT molecular complexity index is 176. The van der Waals surface area contributed by atoms with Gasteiger partial charge in [0.1, 0.15) is 5.69 Å². The van der Waals surface area contributed by atoms with Crippen LogP contribution in [0.5, 0.6) is 0 Å². The summed E-state index contributed by atoms with van der Waals surface area (Å²) in [5, 5.41) is 4.83. The zero-order valence-electron chi connectivity index (χ0n) is 4.16. The fourth-order valence-corrected chi connectivity index (χ4v) is 0.371. The van der Waals surface area contributed by atoms with Gasteiger partial charge in [0.15, 0.2) is 0 Å². The van der Waals surface area contributed by atoms with Crippen molar-refractivity contribution < 1.29 is 13.2 Å². The summed E-state index contributed by atoms with van der Waals surface area (Å²) in [6.07, 6.45) is -3.42. The van der Waals surface area contributed by atoms with Gasteiger partial charge in [0, 0.05) is 6.07 Å². The first-order valence-corrected chi connectivity index (χ1v) is 2.09. The summed E-state index contributed by atoms with van der Waals surface area (Å²) in [6, 6.07) is 1.89. The minimum absolute atomic E-state index is 0.933. The molecule has 0 amide bonds. The van der Waals surface area contributed by atoms with Crippen LogP contribution in [0.15, 0.2) is 6.20 Å². The van der Waals surface area contributed by atoms with Crippen LogP contribution in [0.3, 0.4) is 0 Å². The third-order valence-corrected chi connectivity index (χ3v) is 0.733. The van der Waals surface area contributed by atoms with Crippen LogP contribution in [-0.2, 0) is 6.18 Å². The largest absolute Gasteiger partial charge is 0.433 e. The minimum atomic E-state index is -4.35. The standard InChI is InChI=1S/C4H2F3N2/c5-4(6,7)3-1-2-8-9-3/h2H,(H,8,9). The van der Waals surface area contributed by atoms with Crippen molar-refractivity contribution in [3.63, 3.8) is 0 Å². The van der Waals surface area contributed by atoms with Gasteiger partial charge in [-0.2, -0.15) is 18.3 Å². The Hall–Kier alpha value is -1.00. The summed E-state index contributed by atoms with van der Waals surface area (Å²) in [5.41, 5.74) is -0.942. The molecule has 1 aromatic rings. The maximum absolute atomic E-state index is 11.5. The van der Waals surface area contributed by atoms with E-state index < -0.39 is 11.9 Å². The molecule has 0 aliphatic heterocycles. The van der Waals surface area contributed by atoms with Crippen molar-refractivity contribution in [1.82, 2.24) is 10.2 Å². The lowest BCUT2D eigenvalue weighted by molar-refractivity contribution is -0.141. The topological polar surface area (TPSA) is 28.7 Å². The minimum Gasteiger partial charge on any atom is -0.273 e. The average molecular weight is 135 g/mol. The third-order valence-electron chi connectivity index (χ3n) is 0.733. The average Bonchev–Trinajstić information content (AvgIpc) is 2.08. The van der Waals surface area contributed by atoms with E-state index in [9.17, 15) is 13.2 Å². The fourth-order valence-electron chi connectivity index (χ4n) is 0.371. The first kappa shape index (κ1) is 6.12. The van der Waals surface area contributed by atoms with E-state index >= 15 is 0 Å². The molecule has 9 heavy (non-hydrogen) atoms. The molecule has 1 rings (SSSR count). The molecule has 1 radical (unpaired) electrons. The van der Waals surface area contributed by atoms with Crippen LogP contribution in [0.1, 0.15) is 5.69 Å². The van der Waals surface area contributed by atoms with Gasteiger partial charge < -0.3 is 0 Å². The van der Waals surface area contributed by atoms with Crippen molar-refractivity contribution in [2.45, 2.75) is 6.18 Å². The zero-order valence-corrected chi connectivity index (χ0v) is 4.16. The van der Waals surface area contributed by atoms with Crippen LogP contribution in [0, 0.1) is 6.07 Å². The van der Waals surface area contributed by atoms with Crippen molar-refractivity contribution in [3.05, 3.63) is 18.0 Å². The number of alkyl halides is 3. The number of halogens is 3. The molecule has 2 nitrogen and oxygen atoms in total. The van der Waals surface area contributed by atoms with Gasteiger partial charge in [0.05, 0.1) is 6.20 Å². The SMILES string of the molecule is FC(F)(F)c1[c]cn[nH]1. The lowest BCUT2D eigenvalue weighted by Gasteiger charge is -1.98. The maximum Gasteiger partial charge on any atom is 0.433 e. The second-order valence-corrected chi connectivity index (χ2v) is 1.39. The Kier molecular flexibility index (Phi) is 1.19. The van der Waals surface area contributed by atoms with Crippen LogP contribution in [0.25, 0.3) is 0 Å². The smallest absolute Gasteiger partial charge is 0.273 e. The Morgan fingerprint density at radius 3 is 2.44 bits per heavy atom. The number of aromatic nitrogens is 2. The van der Waals surface area contributed by atoms with Crippen molar-refractivity contribution in [2.24, 2.45) is 0 Å². The number of H-pyrrole nitrogens is 1. The van der Waals surface area contributed by atoms with Gasteiger partial charge >= 0.3 is 6.18 Å². The predicted octanol–water partition coefficient (Wildman–Crippen LogP) is 1.23. The first-order valence-electron chi connectivity index (χ1n) is 2.09. The Morgan fingerprint density at radius 2 is 2.22 bits per heavy atom. The fraction of sp³-hybridized carbons (Fsp3) is 0.250. The molecule has 1 heterocycles. The molecule has 0 spiro atoms. The summed E-state index contributed by atoms with van der Waals surface area (Å²) < 4.78 is 34.6. The lowest BCUT2D eigenvalue weighted by Crippen LogP contribution is -2.04. The van der Waals surface area contributed by atoms with Gasteiger partial charge in [0.25, 0.3) is 0 Å². The number of aromatic amines is 1. The van der Waals surface area contributed by atoms with E-state index in [4.69, 9.17) is 0 Å². The van der Waals surface area contributed by atoms with E-state index in [1.54, 1.807) is 5.10 Å². The monoisotopic (exact) mass is 135 g/mol. The molecule has 0 bridgehead atoms. The number of nitrogens with zero attached hydrogens (tertiary/aromatic N) is 1. The highest BCUT2D eigenvalue weighted by Gasteiger charge is 2.32. The van der Waals surface area contributed by atoms with Gasteiger partial charge in [-0.05, 0) is 0 Å². The van der Waals surface area contributed by atoms with E-state index in [-0.39, 0.29) is 0 Å². The number of rotatable bonds is 0. The van der Waals surface area contributed by atoms with Crippen molar-refractivity contribution >= 4 is 0 Å². The van der Waals surface area contributed by atoms with E-state index in [0.717, 1.165) is 6.20 Å². The molecule has 0 saturated carbocycles. The highest BCUT2D eigenvalue weighted by molar-refractivity contribution is 4.99. The van der Waals surface area contributed by atoms with Gasteiger partial charge in [0.2, 0.25) is 0 Å². The van der Waals surface area contributed by atoms with E-state index in [2.05, 4.69) is 5.10 Å². The van der Waals surface area contributed by atoms with Crippen LogP contribution >= 0.6 is 0 Å². The Morgan fingerprint density at radius 1 is 1.56 bits per heavy atom. The van der Waals surface area contributed by atoms with Crippen LogP contribution in [0.4, 0.5) is 13.2 Å². The van der Waals surface area contributed by atoms with Crippen molar-refractivity contribution in [3.8, 4) is 0 Å². The Labute approximate surface area is 48.7 Å². The molecule has 0 saturated heterocycles. The molecule has 49 valence electrons. The molecule has 5 heteroatoms. The van der Waals surface area contributed by atoms with E-state index in [0.29, 0.717) is 0 Å². The molecule has 0 aromatic carbocycles. The summed E-state index contributed by atoms with van der Waals surface area (Å²) in [6.45, 7) is 0. The zero-order chi connectivity index (χ0) is 6.91. The third kappa shape index (κ3) is 1.22. The summed E-state index contributed by atoms with van der Waals surface area (Å²) >= 11 is 0. The van der Waals surface area contributed by atoms with Gasteiger partial charge in [-0.1, -0.05) is 0 Å². The molecule has 1 N–H and O–H groups in total. The molecular formula is C4H2F3N2. The second-order valence-electron chi connectivity index (χ2n) is 1.39. The molecular weight excluding hydrogens is 133 g/mol. The van der Waals surface area contributed by atoms with Gasteiger partial charge in [-0.15, -0.1) is 0 Å². The number of nitrogens with one attached hydrogen (secondary N) is 1. The van der Waals surface area contributed by atoms with Crippen LogP contribution in [-0.4, -0.2) is 10.2 Å². The van der Waals surface area contributed by atoms with Crippen LogP contribution < -0.4 is 0 Å². The van der Waals surface area contributed by atoms with Crippen molar-refractivity contribution in [2.75, 3.05) is 0 Å². The summed E-state index contributed by atoms with van der Waals surface area (Å²) in [5.74, 6) is 0. The molecule has 0 fully saturated rings.